The molecule has 0 amide bonds. The van der Waals surface area contributed by atoms with Gasteiger partial charge < -0.3 is 10.1 Å². The minimum atomic E-state index is -3.38. The Bertz CT molecular complexity index is 631. The van der Waals surface area contributed by atoms with E-state index in [0.717, 1.165) is 37.8 Å². The van der Waals surface area contributed by atoms with Crippen molar-refractivity contribution >= 4 is 16.6 Å². The second-order valence-corrected chi connectivity index (χ2v) is 8.66. The molecule has 25 heavy (non-hydrogen) atoms. The third kappa shape index (κ3) is 9.57. The van der Waals surface area contributed by atoms with Gasteiger partial charge in [-0.1, -0.05) is 24.3 Å². The Morgan fingerprint density at radius 2 is 1.80 bits per heavy atom. The number of carbonyl (C=O) groups is 1. The second kappa shape index (κ2) is 9.89. The maximum absolute atomic E-state index is 11.1. The zero-order chi connectivity index (χ0) is 18.9. The van der Waals surface area contributed by atoms with Crippen LogP contribution in [0.25, 0.3) is 0 Å². The van der Waals surface area contributed by atoms with Crippen LogP contribution in [0.15, 0.2) is 24.3 Å². The quantitative estimate of drug-likeness (QED) is 0.633. The van der Waals surface area contributed by atoms with Gasteiger partial charge in [-0.3, -0.25) is 8.98 Å². The number of ether oxygens (including phenoxy) is 1. The first-order valence-corrected chi connectivity index (χ1v) is 10.2. The van der Waals surface area contributed by atoms with E-state index in [1.54, 1.807) is 0 Å². The molecule has 1 aromatic rings. The number of piperidine rings is 1. The van der Waals surface area contributed by atoms with Crippen molar-refractivity contribution in [2.45, 2.75) is 51.7 Å². The summed E-state index contributed by atoms with van der Waals surface area (Å²) in [6.07, 6.45) is 3.27. The molecule has 0 unspecified atom stereocenters. The van der Waals surface area contributed by atoms with Crippen molar-refractivity contribution in [1.82, 2.24) is 5.32 Å². The van der Waals surface area contributed by atoms with Gasteiger partial charge >= 0.3 is 0 Å². The van der Waals surface area contributed by atoms with Crippen LogP contribution in [-0.4, -0.2) is 39.8 Å². The van der Waals surface area contributed by atoms with E-state index >= 15 is 0 Å². The van der Waals surface area contributed by atoms with Crippen LogP contribution in [0, 0.1) is 0 Å². The Morgan fingerprint density at radius 3 is 2.28 bits per heavy atom. The fraction of sp³-hybridized carbons (Fsp3) is 0.611. The van der Waals surface area contributed by atoms with Crippen molar-refractivity contribution in [2.75, 3.05) is 19.3 Å². The molecule has 0 aliphatic carbocycles. The van der Waals surface area contributed by atoms with Crippen molar-refractivity contribution in [3.8, 4) is 0 Å². The standard InChI is InChI=1S/C13H19NO3S.C5H10O2/c1-18(15,16)17-10-12-4-2-3-5-13(12)11-6-8-14-9-7-11;1-5(2,3)7-4-6/h2-5,11,14H,6-10H2,1H3;4H,1-3H3. The zero-order valence-corrected chi connectivity index (χ0v) is 16.3. The minimum absolute atomic E-state index is 0.138. The fourth-order valence-corrected chi connectivity index (χ4v) is 2.85. The number of hydrogen-bond donors (Lipinski definition) is 1. The van der Waals surface area contributed by atoms with E-state index in [0.29, 0.717) is 12.4 Å². The highest BCUT2D eigenvalue weighted by molar-refractivity contribution is 7.85. The Balaban J connectivity index is 0.000000381. The van der Waals surface area contributed by atoms with Gasteiger partial charge in [-0.15, -0.1) is 0 Å². The zero-order valence-electron chi connectivity index (χ0n) is 15.4. The molecule has 0 spiro atoms. The van der Waals surface area contributed by atoms with E-state index in [4.69, 9.17) is 4.18 Å². The molecule has 0 atom stereocenters. The maximum atomic E-state index is 11.1. The third-order valence-corrected chi connectivity index (χ3v) is 4.21. The molecule has 0 radical (unpaired) electrons. The maximum Gasteiger partial charge on any atom is 0.293 e. The van der Waals surface area contributed by atoms with Gasteiger partial charge in [-0.2, -0.15) is 8.42 Å². The van der Waals surface area contributed by atoms with Crippen molar-refractivity contribution in [3.05, 3.63) is 35.4 Å². The van der Waals surface area contributed by atoms with Crippen molar-refractivity contribution in [2.24, 2.45) is 0 Å². The van der Waals surface area contributed by atoms with Gasteiger partial charge in [-0.25, -0.2) is 0 Å². The van der Waals surface area contributed by atoms with E-state index in [9.17, 15) is 13.2 Å². The molecule has 7 heteroatoms. The lowest BCUT2D eigenvalue weighted by atomic mass is 9.87. The van der Waals surface area contributed by atoms with Crippen LogP contribution in [0.3, 0.4) is 0 Å². The summed E-state index contributed by atoms with van der Waals surface area (Å²) in [5, 5.41) is 3.33. The summed E-state index contributed by atoms with van der Waals surface area (Å²) in [5.74, 6) is 0.505. The molecule has 1 saturated heterocycles. The SMILES string of the molecule is CC(C)(C)OC=O.CS(=O)(=O)OCc1ccccc1C1CCNCC1. The average molecular weight is 371 g/mol. The predicted molar refractivity (Wildman–Crippen MR) is 97.8 cm³/mol. The molecule has 1 N–H and O–H groups in total. The Labute approximate surface area is 151 Å². The van der Waals surface area contributed by atoms with Crippen LogP contribution in [0.2, 0.25) is 0 Å². The highest BCUT2D eigenvalue weighted by Gasteiger charge is 2.18. The largest absolute Gasteiger partial charge is 0.462 e. The van der Waals surface area contributed by atoms with Crippen molar-refractivity contribution in [3.63, 3.8) is 0 Å². The molecule has 0 saturated carbocycles. The first-order valence-electron chi connectivity index (χ1n) is 8.37. The number of hydrogen-bond acceptors (Lipinski definition) is 6. The number of benzene rings is 1. The van der Waals surface area contributed by atoms with Gasteiger partial charge in [0.15, 0.2) is 0 Å². The molecule has 1 aliphatic heterocycles. The highest BCUT2D eigenvalue weighted by atomic mass is 32.2. The smallest absolute Gasteiger partial charge is 0.293 e. The lowest BCUT2D eigenvalue weighted by Gasteiger charge is -2.25. The summed E-state index contributed by atoms with van der Waals surface area (Å²) in [6, 6.07) is 7.95. The Morgan fingerprint density at radius 1 is 1.20 bits per heavy atom. The molecular formula is C18H29NO5S. The molecular weight excluding hydrogens is 342 g/mol. The first-order chi connectivity index (χ1) is 11.6. The first kappa shape index (κ1) is 21.6. The fourth-order valence-electron chi connectivity index (χ4n) is 2.51. The summed E-state index contributed by atoms with van der Waals surface area (Å²) in [4.78, 5) is 9.60. The lowest BCUT2D eigenvalue weighted by Crippen LogP contribution is -2.27. The summed E-state index contributed by atoms with van der Waals surface area (Å²) in [5.41, 5.74) is 1.89. The molecule has 1 aromatic carbocycles. The molecule has 0 aromatic heterocycles. The van der Waals surface area contributed by atoms with E-state index in [1.807, 2.05) is 39.0 Å². The Kier molecular flexibility index (Phi) is 8.55. The molecule has 1 fully saturated rings. The Hall–Kier alpha value is -1.44. The van der Waals surface area contributed by atoms with Crippen molar-refractivity contribution < 1.29 is 22.1 Å². The highest BCUT2D eigenvalue weighted by Crippen LogP contribution is 2.28. The van der Waals surface area contributed by atoms with Crippen LogP contribution >= 0.6 is 0 Å². The van der Waals surface area contributed by atoms with Crippen LogP contribution in [-0.2, 0) is 30.4 Å². The normalized spacial score (nSPS) is 15.8. The van der Waals surface area contributed by atoms with E-state index in [1.165, 1.54) is 5.56 Å². The van der Waals surface area contributed by atoms with E-state index in [-0.39, 0.29) is 12.2 Å². The molecule has 2 rings (SSSR count). The van der Waals surface area contributed by atoms with Crippen LogP contribution in [0.4, 0.5) is 0 Å². The van der Waals surface area contributed by atoms with Crippen LogP contribution < -0.4 is 5.32 Å². The lowest BCUT2D eigenvalue weighted by molar-refractivity contribution is -0.138. The van der Waals surface area contributed by atoms with Gasteiger partial charge in [0.05, 0.1) is 12.9 Å². The number of carbonyl (C=O) groups excluding carboxylic acids is 1. The predicted octanol–water partition coefficient (Wildman–Crippen LogP) is 2.59. The van der Waals surface area contributed by atoms with Crippen molar-refractivity contribution in [1.29, 1.82) is 0 Å². The second-order valence-electron chi connectivity index (χ2n) is 7.02. The monoisotopic (exact) mass is 371 g/mol. The van der Waals surface area contributed by atoms with Gasteiger partial charge in [-0.05, 0) is 63.7 Å². The molecule has 1 heterocycles. The van der Waals surface area contributed by atoms with E-state index in [2.05, 4.69) is 16.1 Å². The summed E-state index contributed by atoms with van der Waals surface area (Å²) < 4.78 is 31.6. The van der Waals surface area contributed by atoms with Gasteiger partial charge in [0, 0.05) is 0 Å². The van der Waals surface area contributed by atoms with E-state index < -0.39 is 10.1 Å². The number of rotatable bonds is 5. The molecule has 0 bridgehead atoms. The summed E-state index contributed by atoms with van der Waals surface area (Å²) >= 11 is 0. The third-order valence-electron chi connectivity index (χ3n) is 3.66. The molecule has 142 valence electrons. The average Bonchev–Trinajstić information content (AvgIpc) is 2.53. The van der Waals surface area contributed by atoms with Crippen LogP contribution in [0.5, 0.6) is 0 Å². The van der Waals surface area contributed by atoms with Gasteiger partial charge in [0.1, 0.15) is 5.60 Å². The van der Waals surface area contributed by atoms with Gasteiger partial charge in [0.25, 0.3) is 16.6 Å². The topological polar surface area (TPSA) is 81.7 Å². The minimum Gasteiger partial charge on any atom is -0.462 e. The molecule has 1 aliphatic rings. The number of nitrogens with one attached hydrogen (secondary N) is 1. The summed E-state index contributed by atoms with van der Waals surface area (Å²) in [6.45, 7) is 8.10. The molecule has 6 nitrogen and oxygen atoms in total. The van der Waals surface area contributed by atoms with Gasteiger partial charge in [0.2, 0.25) is 0 Å². The van der Waals surface area contributed by atoms with Crippen LogP contribution in [0.1, 0.15) is 50.7 Å². The summed E-state index contributed by atoms with van der Waals surface area (Å²) in [7, 11) is -3.38.